The molecule has 118 valence electrons. The quantitative estimate of drug-likeness (QED) is 0.920. The second-order valence-electron chi connectivity index (χ2n) is 6.24. The molecule has 2 saturated heterocycles. The maximum atomic E-state index is 5.55. The normalized spacial score (nSPS) is 23.1. The van der Waals surface area contributed by atoms with E-state index >= 15 is 0 Å². The van der Waals surface area contributed by atoms with E-state index in [9.17, 15) is 0 Å². The number of piperazine rings is 1. The lowest BCUT2D eigenvalue weighted by atomic mass is 9.98. The molecule has 2 aromatic heterocycles. The average molecular weight is 301 g/mol. The van der Waals surface area contributed by atoms with Crippen LogP contribution in [-0.4, -0.2) is 54.0 Å². The van der Waals surface area contributed by atoms with Crippen LogP contribution in [0.1, 0.15) is 18.7 Å². The van der Waals surface area contributed by atoms with Crippen molar-refractivity contribution in [3.05, 3.63) is 24.2 Å². The molecular weight excluding hydrogens is 278 g/mol. The Morgan fingerprint density at radius 2 is 2.23 bits per heavy atom. The van der Waals surface area contributed by atoms with Crippen LogP contribution in [0.3, 0.4) is 0 Å². The van der Waals surface area contributed by atoms with Crippen molar-refractivity contribution in [3.63, 3.8) is 0 Å². The molecular formula is C16H23N5O. The van der Waals surface area contributed by atoms with Crippen molar-refractivity contribution < 1.29 is 4.74 Å². The average Bonchev–Trinajstić information content (AvgIpc) is 2.98. The van der Waals surface area contributed by atoms with E-state index < -0.39 is 0 Å². The molecule has 6 heteroatoms. The van der Waals surface area contributed by atoms with Crippen LogP contribution in [0.4, 0.5) is 5.69 Å². The molecule has 0 bridgehead atoms. The minimum atomic E-state index is 0.568. The Morgan fingerprint density at radius 1 is 1.32 bits per heavy atom. The van der Waals surface area contributed by atoms with E-state index in [1.165, 1.54) is 12.1 Å². The largest absolute Gasteiger partial charge is 0.381 e. The SMILES string of the molecule is c1cn2nc(CC3CCCOC3)nc2cc1N1CCNCC1. The molecule has 0 spiro atoms. The number of nitrogens with zero attached hydrogens (tertiary/aromatic N) is 4. The molecule has 2 aliphatic rings. The summed E-state index contributed by atoms with van der Waals surface area (Å²) in [7, 11) is 0. The van der Waals surface area contributed by atoms with E-state index in [0.29, 0.717) is 5.92 Å². The Hall–Kier alpha value is -1.66. The van der Waals surface area contributed by atoms with Crippen molar-refractivity contribution in [3.8, 4) is 0 Å². The van der Waals surface area contributed by atoms with E-state index in [1.54, 1.807) is 0 Å². The van der Waals surface area contributed by atoms with Gasteiger partial charge in [0, 0.05) is 63.8 Å². The first kappa shape index (κ1) is 14.0. The zero-order chi connectivity index (χ0) is 14.8. The van der Waals surface area contributed by atoms with Crippen molar-refractivity contribution in [2.45, 2.75) is 19.3 Å². The molecule has 2 aromatic rings. The van der Waals surface area contributed by atoms with Crippen LogP contribution < -0.4 is 10.2 Å². The number of ether oxygens (including phenoxy) is 1. The molecule has 0 amide bonds. The fourth-order valence-electron chi connectivity index (χ4n) is 3.35. The smallest absolute Gasteiger partial charge is 0.157 e. The minimum Gasteiger partial charge on any atom is -0.381 e. The maximum Gasteiger partial charge on any atom is 0.157 e. The second kappa shape index (κ2) is 6.22. The van der Waals surface area contributed by atoms with Gasteiger partial charge in [-0.1, -0.05) is 0 Å². The Kier molecular flexibility index (Phi) is 3.95. The summed E-state index contributed by atoms with van der Waals surface area (Å²) in [5.41, 5.74) is 2.19. The van der Waals surface area contributed by atoms with Crippen LogP contribution in [0.2, 0.25) is 0 Å². The highest BCUT2D eigenvalue weighted by Gasteiger charge is 2.17. The standard InChI is InChI=1S/C16H23N5O/c1-2-13(12-22-9-1)10-15-18-16-11-14(3-6-21(16)19-15)20-7-4-17-5-8-20/h3,6,11,13,17H,1-2,4-5,7-10,12H2. The van der Waals surface area contributed by atoms with Crippen LogP contribution in [0.5, 0.6) is 0 Å². The van der Waals surface area contributed by atoms with Gasteiger partial charge in [0.25, 0.3) is 0 Å². The lowest BCUT2D eigenvalue weighted by molar-refractivity contribution is 0.0543. The molecule has 0 radical (unpaired) electrons. The summed E-state index contributed by atoms with van der Waals surface area (Å²) in [6.07, 6.45) is 5.33. The summed E-state index contributed by atoms with van der Waals surface area (Å²) < 4.78 is 7.45. The molecule has 2 fully saturated rings. The van der Waals surface area contributed by atoms with Gasteiger partial charge in [-0.2, -0.15) is 5.10 Å². The number of fused-ring (bicyclic) bond motifs is 1. The number of aromatic nitrogens is 3. The number of hydrogen-bond acceptors (Lipinski definition) is 5. The summed E-state index contributed by atoms with van der Waals surface area (Å²) >= 11 is 0. The fraction of sp³-hybridized carbons (Fsp3) is 0.625. The van der Waals surface area contributed by atoms with Crippen LogP contribution in [0, 0.1) is 5.92 Å². The molecule has 0 aromatic carbocycles. The molecule has 4 rings (SSSR count). The van der Waals surface area contributed by atoms with Gasteiger partial charge in [0.2, 0.25) is 0 Å². The molecule has 6 nitrogen and oxygen atoms in total. The fourth-order valence-corrected chi connectivity index (χ4v) is 3.35. The van der Waals surface area contributed by atoms with Gasteiger partial charge in [-0.15, -0.1) is 0 Å². The predicted molar refractivity (Wildman–Crippen MR) is 85.3 cm³/mol. The van der Waals surface area contributed by atoms with Gasteiger partial charge >= 0.3 is 0 Å². The Bertz CT molecular complexity index is 628. The molecule has 0 saturated carbocycles. The van der Waals surface area contributed by atoms with Crippen molar-refractivity contribution in [1.82, 2.24) is 19.9 Å². The zero-order valence-corrected chi connectivity index (χ0v) is 12.9. The van der Waals surface area contributed by atoms with E-state index in [4.69, 9.17) is 9.72 Å². The van der Waals surface area contributed by atoms with Gasteiger partial charge in [0.15, 0.2) is 11.5 Å². The van der Waals surface area contributed by atoms with Crippen molar-refractivity contribution >= 4 is 11.3 Å². The van der Waals surface area contributed by atoms with Crippen LogP contribution in [0.25, 0.3) is 5.65 Å². The number of hydrogen-bond donors (Lipinski definition) is 1. The van der Waals surface area contributed by atoms with Gasteiger partial charge in [0.05, 0.1) is 0 Å². The Balaban J connectivity index is 1.52. The third-order valence-corrected chi connectivity index (χ3v) is 4.57. The highest BCUT2D eigenvalue weighted by atomic mass is 16.5. The predicted octanol–water partition coefficient (Wildman–Crippen LogP) is 1.11. The lowest BCUT2D eigenvalue weighted by Crippen LogP contribution is -2.43. The van der Waals surface area contributed by atoms with E-state index in [1.807, 2.05) is 10.7 Å². The molecule has 0 aliphatic carbocycles. The summed E-state index contributed by atoms with van der Waals surface area (Å²) in [6, 6.07) is 4.29. The van der Waals surface area contributed by atoms with E-state index in [2.05, 4.69) is 27.4 Å². The molecule has 22 heavy (non-hydrogen) atoms. The molecule has 1 unspecified atom stereocenters. The first-order valence-electron chi connectivity index (χ1n) is 8.27. The van der Waals surface area contributed by atoms with Gasteiger partial charge in [-0.3, -0.25) is 0 Å². The van der Waals surface area contributed by atoms with Gasteiger partial charge in [-0.05, 0) is 24.8 Å². The Morgan fingerprint density at radius 3 is 3.05 bits per heavy atom. The first-order valence-corrected chi connectivity index (χ1v) is 8.27. The van der Waals surface area contributed by atoms with E-state index in [-0.39, 0.29) is 0 Å². The summed E-state index contributed by atoms with van der Waals surface area (Å²) in [4.78, 5) is 7.12. The molecule has 1 atom stereocenters. The third kappa shape index (κ3) is 2.94. The van der Waals surface area contributed by atoms with Crippen LogP contribution in [0.15, 0.2) is 18.3 Å². The molecule has 1 N–H and O–H groups in total. The van der Waals surface area contributed by atoms with Crippen molar-refractivity contribution in [2.24, 2.45) is 5.92 Å². The summed E-state index contributed by atoms with van der Waals surface area (Å²) in [5.74, 6) is 1.51. The van der Waals surface area contributed by atoms with E-state index in [0.717, 1.165) is 63.7 Å². The highest BCUT2D eigenvalue weighted by Crippen LogP contribution is 2.20. The van der Waals surface area contributed by atoms with Gasteiger partial charge < -0.3 is 15.0 Å². The van der Waals surface area contributed by atoms with Crippen LogP contribution >= 0.6 is 0 Å². The Labute approximate surface area is 130 Å². The number of pyridine rings is 1. The second-order valence-corrected chi connectivity index (χ2v) is 6.24. The highest BCUT2D eigenvalue weighted by molar-refractivity contribution is 5.56. The molecule has 2 aliphatic heterocycles. The van der Waals surface area contributed by atoms with Gasteiger partial charge in [0.1, 0.15) is 0 Å². The monoisotopic (exact) mass is 301 g/mol. The first-order chi connectivity index (χ1) is 10.9. The number of anilines is 1. The lowest BCUT2D eigenvalue weighted by Gasteiger charge is -2.29. The summed E-state index contributed by atoms with van der Waals surface area (Å²) in [6.45, 7) is 5.95. The third-order valence-electron chi connectivity index (χ3n) is 4.57. The molecule has 4 heterocycles. The van der Waals surface area contributed by atoms with Crippen molar-refractivity contribution in [2.75, 3.05) is 44.3 Å². The topological polar surface area (TPSA) is 54.7 Å². The van der Waals surface area contributed by atoms with Crippen LogP contribution in [-0.2, 0) is 11.2 Å². The number of rotatable bonds is 3. The minimum absolute atomic E-state index is 0.568. The van der Waals surface area contributed by atoms with Crippen molar-refractivity contribution in [1.29, 1.82) is 0 Å². The number of nitrogens with one attached hydrogen (secondary N) is 1. The maximum absolute atomic E-state index is 5.55. The zero-order valence-electron chi connectivity index (χ0n) is 12.9. The summed E-state index contributed by atoms with van der Waals surface area (Å²) in [5, 5.41) is 8.00. The van der Waals surface area contributed by atoms with Gasteiger partial charge in [-0.25, -0.2) is 9.50 Å².